The molecule has 0 saturated carbocycles. The lowest BCUT2D eigenvalue weighted by Crippen LogP contribution is -2.37. The number of hydrogen-bond acceptors (Lipinski definition) is 4. The second-order valence-electron chi connectivity index (χ2n) is 6.41. The fraction of sp³-hybridized carbons (Fsp3) is 0.333. The lowest BCUT2D eigenvalue weighted by molar-refractivity contribution is -0.115. The van der Waals surface area contributed by atoms with Gasteiger partial charge in [0.25, 0.3) is 0 Å². The van der Waals surface area contributed by atoms with Crippen LogP contribution in [0.1, 0.15) is 25.0 Å². The van der Waals surface area contributed by atoms with Crippen LogP contribution < -0.4 is 5.32 Å². The van der Waals surface area contributed by atoms with E-state index in [1.165, 1.54) is 11.1 Å². The van der Waals surface area contributed by atoms with E-state index in [-0.39, 0.29) is 18.4 Å². The lowest BCUT2D eigenvalue weighted by Gasteiger charge is -2.31. The maximum atomic E-state index is 12.2. The number of carbonyl (C=O) groups excluding carboxylic acids is 2. The zero-order valence-electron chi connectivity index (χ0n) is 15.2. The number of amides is 1. The van der Waals surface area contributed by atoms with E-state index in [0.717, 1.165) is 23.2 Å². The summed E-state index contributed by atoms with van der Waals surface area (Å²) in [5, 5.41) is 3.21. The number of rotatable bonds is 5. The Balaban J connectivity index is 1.99. The van der Waals surface area contributed by atoms with Crippen molar-refractivity contribution in [2.75, 3.05) is 25.0 Å². The minimum Gasteiger partial charge on any atom is -0.450 e. The summed E-state index contributed by atoms with van der Waals surface area (Å²) in [6, 6.07) is 14.3. The van der Waals surface area contributed by atoms with Gasteiger partial charge < -0.3 is 15.0 Å². The molecular weight excluding hydrogens is 328 g/mol. The van der Waals surface area contributed by atoms with Crippen LogP contribution in [-0.2, 0) is 22.5 Å². The minimum absolute atomic E-state index is 0.0731. The number of benzene rings is 2. The van der Waals surface area contributed by atoms with Gasteiger partial charge in [-0.05, 0) is 48.6 Å². The number of nitrogens with zero attached hydrogens (tertiary/aromatic N) is 1. The van der Waals surface area contributed by atoms with E-state index in [9.17, 15) is 9.59 Å². The molecule has 1 heterocycles. The molecule has 0 saturated heterocycles. The molecule has 0 aromatic heterocycles. The maximum absolute atomic E-state index is 12.2. The summed E-state index contributed by atoms with van der Waals surface area (Å²) in [4.78, 5) is 25.3. The Labute approximate surface area is 154 Å². The Morgan fingerprint density at radius 1 is 1.12 bits per heavy atom. The van der Waals surface area contributed by atoms with E-state index in [2.05, 4.69) is 23.5 Å². The molecule has 1 amide bonds. The molecule has 136 valence electrons. The smallest absolute Gasteiger partial charge is 0.410 e. The van der Waals surface area contributed by atoms with Gasteiger partial charge in [-0.15, -0.1) is 0 Å². The fourth-order valence-electron chi connectivity index (χ4n) is 3.32. The molecule has 2 aromatic carbocycles. The maximum Gasteiger partial charge on any atom is 0.410 e. The summed E-state index contributed by atoms with van der Waals surface area (Å²) < 4.78 is 5.16. The number of fused-ring (bicyclic) bond motifs is 1. The standard InChI is InChI=1S/C21H24N2O3/c1-3-26-21(25)23-12-11-18-17(16-7-5-4-6-8-16)9-10-20(19(18)14-23)22-13-15(2)24/h4-10,22H,3,11-14H2,1-2H3. The third kappa shape index (κ3) is 3.87. The summed E-state index contributed by atoms with van der Waals surface area (Å²) in [6.07, 6.45) is 0.467. The second kappa shape index (κ2) is 8.04. The largest absolute Gasteiger partial charge is 0.450 e. The number of ether oxygens (including phenoxy) is 1. The van der Waals surface area contributed by atoms with Gasteiger partial charge in [0, 0.05) is 12.2 Å². The normalized spacial score (nSPS) is 13.1. The summed E-state index contributed by atoms with van der Waals surface area (Å²) in [6.45, 7) is 5.11. The number of anilines is 1. The van der Waals surface area contributed by atoms with Crippen LogP contribution in [0.3, 0.4) is 0 Å². The van der Waals surface area contributed by atoms with E-state index < -0.39 is 0 Å². The number of Topliss-reactive ketones (excluding diaryl/α,β-unsaturated/α-hetero) is 1. The first kappa shape index (κ1) is 18.0. The first-order valence-corrected chi connectivity index (χ1v) is 8.95. The van der Waals surface area contributed by atoms with Crippen molar-refractivity contribution in [3.63, 3.8) is 0 Å². The van der Waals surface area contributed by atoms with E-state index in [4.69, 9.17) is 4.74 Å². The molecule has 5 nitrogen and oxygen atoms in total. The Bertz CT molecular complexity index is 802. The van der Waals surface area contributed by atoms with E-state index in [0.29, 0.717) is 19.7 Å². The molecule has 0 spiro atoms. The highest BCUT2D eigenvalue weighted by molar-refractivity contribution is 5.82. The zero-order chi connectivity index (χ0) is 18.5. The van der Waals surface area contributed by atoms with Crippen molar-refractivity contribution in [2.45, 2.75) is 26.8 Å². The number of ketones is 1. The first-order chi connectivity index (χ1) is 12.6. The molecule has 1 N–H and O–H groups in total. The van der Waals surface area contributed by atoms with Gasteiger partial charge in [0.1, 0.15) is 5.78 Å². The van der Waals surface area contributed by atoms with E-state index in [1.54, 1.807) is 11.8 Å². The SMILES string of the molecule is CCOC(=O)N1CCc2c(-c3ccccc3)ccc(NCC(C)=O)c2C1. The highest BCUT2D eigenvalue weighted by atomic mass is 16.6. The summed E-state index contributed by atoms with van der Waals surface area (Å²) in [5.74, 6) is 0.0731. The Morgan fingerprint density at radius 2 is 1.88 bits per heavy atom. The van der Waals surface area contributed by atoms with E-state index >= 15 is 0 Å². The summed E-state index contributed by atoms with van der Waals surface area (Å²) in [7, 11) is 0. The van der Waals surface area contributed by atoms with Gasteiger partial charge in [0.05, 0.1) is 19.7 Å². The van der Waals surface area contributed by atoms with Gasteiger partial charge in [-0.2, -0.15) is 0 Å². The van der Waals surface area contributed by atoms with Crippen LogP contribution in [-0.4, -0.2) is 36.5 Å². The Morgan fingerprint density at radius 3 is 2.58 bits per heavy atom. The zero-order valence-corrected chi connectivity index (χ0v) is 15.2. The molecule has 2 aromatic rings. The van der Waals surface area contributed by atoms with Crippen molar-refractivity contribution in [3.8, 4) is 11.1 Å². The predicted molar refractivity (Wildman–Crippen MR) is 102 cm³/mol. The summed E-state index contributed by atoms with van der Waals surface area (Å²) >= 11 is 0. The third-order valence-electron chi connectivity index (χ3n) is 4.55. The highest BCUT2D eigenvalue weighted by Crippen LogP contribution is 2.35. The Hall–Kier alpha value is -2.82. The molecule has 3 rings (SSSR count). The third-order valence-corrected chi connectivity index (χ3v) is 4.55. The summed E-state index contributed by atoms with van der Waals surface area (Å²) in [5.41, 5.74) is 5.53. The van der Waals surface area contributed by atoms with Crippen molar-refractivity contribution < 1.29 is 14.3 Å². The lowest BCUT2D eigenvalue weighted by atomic mass is 9.89. The average molecular weight is 352 g/mol. The molecule has 1 aliphatic heterocycles. The molecular formula is C21H24N2O3. The highest BCUT2D eigenvalue weighted by Gasteiger charge is 2.26. The molecule has 0 aliphatic carbocycles. The van der Waals surface area contributed by atoms with Crippen molar-refractivity contribution in [1.29, 1.82) is 0 Å². The van der Waals surface area contributed by atoms with Crippen molar-refractivity contribution in [2.24, 2.45) is 0 Å². The van der Waals surface area contributed by atoms with Crippen LogP contribution >= 0.6 is 0 Å². The van der Waals surface area contributed by atoms with Gasteiger partial charge in [0.2, 0.25) is 0 Å². The monoisotopic (exact) mass is 352 g/mol. The minimum atomic E-state index is -0.291. The second-order valence-corrected chi connectivity index (χ2v) is 6.41. The molecule has 0 radical (unpaired) electrons. The molecule has 0 fully saturated rings. The van der Waals surface area contributed by atoms with Gasteiger partial charge >= 0.3 is 6.09 Å². The van der Waals surface area contributed by atoms with Crippen LogP contribution in [0.5, 0.6) is 0 Å². The topological polar surface area (TPSA) is 58.6 Å². The molecule has 0 bridgehead atoms. The van der Waals surface area contributed by atoms with E-state index in [1.807, 2.05) is 31.2 Å². The number of carbonyl (C=O) groups is 2. The molecule has 0 atom stereocenters. The van der Waals surface area contributed by atoms with Gasteiger partial charge in [-0.1, -0.05) is 36.4 Å². The van der Waals surface area contributed by atoms with Crippen molar-refractivity contribution in [3.05, 3.63) is 53.6 Å². The van der Waals surface area contributed by atoms with Crippen molar-refractivity contribution >= 4 is 17.6 Å². The fourth-order valence-corrected chi connectivity index (χ4v) is 3.32. The average Bonchev–Trinajstić information content (AvgIpc) is 2.66. The van der Waals surface area contributed by atoms with Crippen LogP contribution in [0, 0.1) is 0 Å². The van der Waals surface area contributed by atoms with Gasteiger partial charge in [-0.3, -0.25) is 4.79 Å². The van der Waals surface area contributed by atoms with Crippen LogP contribution in [0.4, 0.5) is 10.5 Å². The van der Waals surface area contributed by atoms with Crippen LogP contribution in [0.15, 0.2) is 42.5 Å². The first-order valence-electron chi connectivity index (χ1n) is 8.95. The number of nitrogens with one attached hydrogen (secondary N) is 1. The van der Waals surface area contributed by atoms with Crippen molar-refractivity contribution in [1.82, 2.24) is 4.90 Å². The Kier molecular flexibility index (Phi) is 5.56. The van der Waals surface area contributed by atoms with Gasteiger partial charge in [-0.25, -0.2) is 4.79 Å². The molecule has 26 heavy (non-hydrogen) atoms. The molecule has 0 unspecified atom stereocenters. The number of hydrogen-bond donors (Lipinski definition) is 1. The predicted octanol–water partition coefficient (Wildman–Crippen LogP) is 3.87. The van der Waals surface area contributed by atoms with Gasteiger partial charge in [0.15, 0.2) is 0 Å². The quantitative estimate of drug-likeness (QED) is 0.887. The molecule has 5 heteroatoms. The van der Waals surface area contributed by atoms with Crippen LogP contribution in [0.2, 0.25) is 0 Å². The molecule has 1 aliphatic rings. The van der Waals surface area contributed by atoms with Crippen LogP contribution in [0.25, 0.3) is 11.1 Å².